The summed E-state index contributed by atoms with van der Waals surface area (Å²) in [6.07, 6.45) is 3.45. The smallest absolute Gasteiger partial charge is 0.243 e. The van der Waals surface area contributed by atoms with Gasteiger partial charge in [0.2, 0.25) is 21.8 Å². The van der Waals surface area contributed by atoms with Gasteiger partial charge in [-0.05, 0) is 42.7 Å². The Bertz CT molecular complexity index is 1370. The van der Waals surface area contributed by atoms with Crippen LogP contribution in [0, 0.1) is 0 Å². The van der Waals surface area contributed by atoms with Crippen molar-refractivity contribution in [3.05, 3.63) is 100 Å². The number of nitrogens with zero attached hydrogens (tertiary/aromatic N) is 2. The van der Waals surface area contributed by atoms with Gasteiger partial charge in [0.25, 0.3) is 0 Å². The van der Waals surface area contributed by atoms with Crippen molar-refractivity contribution in [1.29, 1.82) is 0 Å². The number of sulfonamides is 1. The Morgan fingerprint density at radius 3 is 2.07 bits per heavy atom. The van der Waals surface area contributed by atoms with Crippen molar-refractivity contribution in [2.75, 3.05) is 23.7 Å². The number of rotatable bonds is 15. The SMILES string of the molecule is CCCCNC(=O)[C@H](Cc1ccccc1)N(Cc1c(Cl)cccc1Cl)C(=O)CCCN(c1ccccc1)S(C)(=O)=O. The maximum atomic E-state index is 13.9. The molecule has 41 heavy (non-hydrogen) atoms. The molecule has 1 N–H and O–H groups in total. The third-order valence-electron chi connectivity index (χ3n) is 6.69. The van der Waals surface area contributed by atoms with Crippen LogP contribution in [0.15, 0.2) is 78.9 Å². The highest BCUT2D eigenvalue weighted by molar-refractivity contribution is 7.92. The molecule has 0 bridgehead atoms. The molecular formula is C31H37Cl2N3O4S. The fourth-order valence-corrected chi connectivity index (χ4v) is 5.99. The van der Waals surface area contributed by atoms with Gasteiger partial charge >= 0.3 is 0 Å². The summed E-state index contributed by atoms with van der Waals surface area (Å²) in [5, 5.41) is 3.78. The van der Waals surface area contributed by atoms with Gasteiger partial charge in [-0.2, -0.15) is 0 Å². The predicted octanol–water partition coefficient (Wildman–Crippen LogP) is 6.10. The minimum atomic E-state index is -3.57. The molecule has 3 rings (SSSR count). The van der Waals surface area contributed by atoms with E-state index in [0.717, 1.165) is 24.7 Å². The lowest BCUT2D eigenvalue weighted by atomic mass is 10.0. The van der Waals surface area contributed by atoms with Crippen molar-refractivity contribution in [2.45, 2.75) is 51.6 Å². The lowest BCUT2D eigenvalue weighted by molar-refractivity contribution is -0.141. The largest absolute Gasteiger partial charge is 0.354 e. The Hall–Kier alpha value is -3.07. The van der Waals surface area contributed by atoms with E-state index in [1.54, 1.807) is 42.5 Å². The topological polar surface area (TPSA) is 86.8 Å². The van der Waals surface area contributed by atoms with Crippen LogP contribution < -0.4 is 9.62 Å². The number of nitrogens with one attached hydrogen (secondary N) is 1. The number of carbonyl (C=O) groups is 2. The minimum Gasteiger partial charge on any atom is -0.354 e. The van der Waals surface area contributed by atoms with Gasteiger partial charge in [-0.1, -0.05) is 91.1 Å². The summed E-state index contributed by atoms with van der Waals surface area (Å²) in [5.41, 5.74) is 1.98. The average molecular weight is 619 g/mol. The molecule has 0 heterocycles. The number of hydrogen-bond acceptors (Lipinski definition) is 4. The Morgan fingerprint density at radius 2 is 1.49 bits per heavy atom. The van der Waals surface area contributed by atoms with E-state index in [1.807, 2.05) is 43.3 Å². The van der Waals surface area contributed by atoms with Crippen LogP contribution >= 0.6 is 23.2 Å². The lowest BCUT2D eigenvalue weighted by Gasteiger charge is -2.32. The van der Waals surface area contributed by atoms with Gasteiger partial charge in [0.05, 0.1) is 11.9 Å². The summed E-state index contributed by atoms with van der Waals surface area (Å²) in [6.45, 7) is 2.68. The molecule has 0 aromatic heterocycles. The molecule has 3 aromatic carbocycles. The molecule has 0 radical (unpaired) electrons. The van der Waals surface area contributed by atoms with E-state index in [-0.39, 0.29) is 37.7 Å². The van der Waals surface area contributed by atoms with E-state index in [0.29, 0.717) is 34.3 Å². The van der Waals surface area contributed by atoms with Gasteiger partial charge < -0.3 is 10.2 Å². The molecule has 1 atom stereocenters. The van der Waals surface area contributed by atoms with Crippen molar-refractivity contribution in [2.24, 2.45) is 0 Å². The zero-order chi connectivity index (χ0) is 29.8. The second-order valence-corrected chi connectivity index (χ2v) is 12.6. The summed E-state index contributed by atoms with van der Waals surface area (Å²) in [6, 6.07) is 22.6. The Kier molecular flexibility index (Phi) is 12.5. The number of unbranched alkanes of at least 4 members (excludes halogenated alkanes) is 1. The number of carbonyl (C=O) groups excluding carboxylic acids is 2. The summed E-state index contributed by atoms with van der Waals surface area (Å²) < 4.78 is 26.3. The van der Waals surface area contributed by atoms with Crippen molar-refractivity contribution < 1.29 is 18.0 Å². The van der Waals surface area contributed by atoms with E-state index in [4.69, 9.17) is 23.2 Å². The second kappa shape index (κ2) is 15.8. The van der Waals surface area contributed by atoms with Gasteiger partial charge in [-0.25, -0.2) is 8.42 Å². The molecule has 2 amide bonds. The van der Waals surface area contributed by atoms with Crippen LogP contribution in [0.5, 0.6) is 0 Å². The highest BCUT2D eigenvalue weighted by Gasteiger charge is 2.31. The Morgan fingerprint density at radius 1 is 0.878 bits per heavy atom. The van der Waals surface area contributed by atoms with E-state index in [2.05, 4.69) is 5.32 Å². The van der Waals surface area contributed by atoms with E-state index < -0.39 is 16.1 Å². The second-order valence-electron chi connectivity index (χ2n) is 9.85. The van der Waals surface area contributed by atoms with Crippen LogP contribution in [-0.2, 0) is 32.6 Å². The van der Waals surface area contributed by atoms with E-state index >= 15 is 0 Å². The van der Waals surface area contributed by atoms with E-state index in [9.17, 15) is 18.0 Å². The maximum Gasteiger partial charge on any atom is 0.243 e. The summed E-state index contributed by atoms with van der Waals surface area (Å²) in [4.78, 5) is 29.0. The molecule has 0 aliphatic heterocycles. The van der Waals surface area contributed by atoms with Gasteiger partial charge in [0.15, 0.2) is 0 Å². The zero-order valence-corrected chi connectivity index (χ0v) is 25.8. The van der Waals surface area contributed by atoms with Crippen molar-refractivity contribution >= 4 is 50.7 Å². The molecule has 0 aliphatic carbocycles. The van der Waals surface area contributed by atoms with Crippen LogP contribution in [0.1, 0.15) is 43.7 Å². The van der Waals surface area contributed by atoms with Gasteiger partial charge in [-0.15, -0.1) is 0 Å². The maximum absolute atomic E-state index is 13.9. The van der Waals surface area contributed by atoms with Gasteiger partial charge in [0.1, 0.15) is 6.04 Å². The molecule has 0 saturated carbocycles. The van der Waals surface area contributed by atoms with Crippen molar-refractivity contribution in [1.82, 2.24) is 10.2 Å². The number of para-hydroxylation sites is 1. The van der Waals surface area contributed by atoms with Crippen LogP contribution in [0.4, 0.5) is 5.69 Å². The highest BCUT2D eigenvalue weighted by atomic mass is 35.5. The minimum absolute atomic E-state index is 0.0223. The number of amides is 2. The number of halogens is 2. The summed E-state index contributed by atoms with van der Waals surface area (Å²) in [7, 11) is -3.57. The number of benzene rings is 3. The van der Waals surface area contributed by atoms with Crippen LogP contribution in [0.2, 0.25) is 10.0 Å². The molecule has 3 aromatic rings. The quantitative estimate of drug-likeness (QED) is 0.209. The van der Waals surface area contributed by atoms with Crippen LogP contribution in [0.25, 0.3) is 0 Å². The van der Waals surface area contributed by atoms with Gasteiger partial charge in [-0.3, -0.25) is 13.9 Å². The molecule has 0 saturated heterocycles. The molecule has 0 spiro atoms. The first-order valence-corrected chi connectivity index (χ1v) is 16.3. The van der Waals surface area contributed by atoms with Crippen molar-refractivity contribution in [3.8, 4) is 0 Å². The van der Waals surface area contributed by atoms with Crippen molar-refractivity contribution in [3.63, 3.8) is 0 Å². The molecule has 220 valence electrons. The Labute approximate surface area is 253 Å². The standard InChI is InChI=1S/C31H37Cl2N3O4S/c1-3-4-20-34-31(38)29(22-24-13-7-5-8-14-24)35(23-26-27(32)17-11-18-28(26)33)30(37)19-12-21-36(41(2,39)40)25-15-9-6-10-16-25/h5-11,13-18,29H,3-4,12,19-23H2,1-2H3,(H,34,38)/t29-/m0/s1. The molecule has 10 heteroatoms. The summed E-state index contributed by atoms with van der Waals surface area (Å²) in [5.74, 6) is -0.560. The molecule has 0 fully saturated rings. The fourth-order valence-electron chi connectivity index (χ4n) is 4.51. The summed E-state index contributed by atoms with van der Waals surface area (Å²) >= 11 is 13.0. The average Bonchev–Trinajstić information content (AvgIpc) is 2.94. The predicted molar refractivity (Wildman–Crippen MR) is 167 cm³/mol. The monoisotopic (exact) mass is 617 g/mol. The molecule has 0 unspecified atom stereocenters. The highest BCUT2D eigenvalue weighted by Crippen LogP contribution is 2.28. The molecule has 0 aliphatic rings. The Balaban J connectivity index is 1.91. The van der Waals surface area contributed by atoms with E-state index in [1.165, 1.54) is 9.21 Å². The molecular weight excluding hydrogens is 581 g/mol. The van der Waals surface area contributed by atoms with Crippen LogP contribution in [0.3, 0.4) is 0 Å². The van der Waals surface area contributed by atoms with Gasteiger partial charge in [0, 0.05) is 48.1 Å². The first-order chi connectivity index (χ1) is 19.6. The third-order valence-corrected chi connectivity index (χ3v) is 8.59. The normalized spacial score (nSPS) is 12.0. The number of anilines is 1. The first-order valence-electron chi connectivity index (χ1n) is 13.7. The third kappa shape index (κ3) is 9.76. The number of hydrogen-bond donors (Lipinski definition) is 1. The molecule has 7 nitrogen and oxygen atoms in total. The van der Waals surface area contributed by atoms with Crippen LogP contribution in [-0.4, -0.2) is 50.5 Å². The zero-order valence-electron chi connectivity index (χ0n) is 23.4. The lowest BCUT2D eigenvalue weighted by Crippen LogP contribution is -2.50. The first kappa shape index (κ1) is 32.4. The fraction of sp³-hybridized carbons (Fsp3) is 0.355.